The quantitative estimate of drug-likeness (QED) is 0.807. The standard InChI is InChI=1S/C13H20N4O3S/c1-2-3-5-13(18)16-6-4-7-17(9-8-16)21(19,20)12-10-14-11-15-12/h2,10-11H,1,3-9H2,(H,14,15). The lowest BCUT2D eigenvalue weighted by atomic mass is 10.2. The number of hydrogen-bond donors (Lipinski definition) is 1. The highest BCUT2D eigenvalue weighted by Crippen LogP contribution is 2.15. The molecule has 0 atom stereocenters. The summed E-state index contributed by atoms with van der Waals surface area (Å²) >= 11 is 0. The number of sulfonamides is 1. The van der Waals surface area contributed by atoms with E-state index in [-0.39, 0.29) is 10.9 Å². The van der Waals surface area contributed by atoms with Gasteiger partial charge in [-0.3, -0.25) is 4.79 Å². The summed E-state index contributed by atoms with van der Waals surface area (Å²) in [6, 6.07) is 0. The van der Waals surface area contributed by atoms with Crippen LogP contribution in [0.5, 0.6) is 0 Å². The van der Waals surface area contributed by atoms with E-state index in [2.05, 4.69) is 16.5 Å². The fourth-order valence-electron chi connectivity index (χ4n) is 2.29. The third-order valence-electron chi connectivity index (χ3n) is 3.46. The van der Waals surface area contributed by atoms with Crippen LogP contribution in [0.1, 0.15) is 19.3 Å². The second kappa shape index (κ2) is 6.86. The molecule has 1 aromatic heterocycles. The van der Waals surface area contributed by atoms with E-state index in [4.69, 9.17) is 0 Å². The SMILES string of the molecule is C=CCCC(=O)N1CCCN(S(=O)(=O)c2cnc[nH]2)CC1. The van der Waals surface area contributed by atoms with Crippen molar-refractivity contribution in [2.75, 3.05) is 26.2 Å². The summed E-state index contributed by atoms with van der Waals surface area (Å²) < 4.78 is 26.2. The molecule has 0 unspecified atom stereocenters. The Bertz CT molecular complexity index is 583. The molecule has 0 aromatic carbocycles. The maximum Gasteiger partial charge on any atom is 0.260 e. The molecule has 116 valence electrons. The fraction of sp³-hybridized carbons (Fsp3) is 0.538. The number of amides is 1. The van der Waals surface area contributed by atoms with Crippen LogP contribution in [0.2, 0.25) is 0 Å². The molecule has 1 aliphatic rings. The zero-order chi connectivity index (χ0) is 15.3. The van der Waals surface area contributed by atoms with Crippen molar-refractivity contribution in [3.63, 3.8) is 0 Å². The molecule has 0 radical (unpaired) electrons. The summed E-state index contributed by atoms with van der Waals surface area (Å²) in [7, 11) is -3.55. The first kappa shape index (κ1) is 15.7. The molecule has 1 N–H and O–H groups in total. The number of aromatic nitrogens is 2. The van der Waals surface area contributed by atoms with E-state index in [1.807, 2.05) is 0 Å². The minimum atomic E-state index is -3.55. The third-order valence-corrected chi connectivity index (χ3v) is 5.28. The van der Waals surface area contributed by atoms with E-state index in [1.54, 1.807) is 11.0 Å². The number of rotatable bonds is 5. The molecule has 0 bridgehead atoms. The number of allylic oxidation sites excluding steroid dienone is 1. The minimum Gasteiger partial charge on any atom is -0.341 e. The summed E-state index contributed by atoms with van der Waals surface area (Å²) in [5.74, 6) is 0.0516. The Labute approximate surface area is 124 Å². The maximum absolute atomic E-state index is 12.4. The maximum atomic E-state index is 12.4. The Kier molecular flexibility index (Phi) is 5.13. The number of carbonyl (C=O) groups excluding carboxylic acids is 1. The molecule has 1 saturated heterocycles. The average Bonchev–Trinajstić information content (AvgIpc) is 2.89. The summed E-state index contributed by atoms with van der Waals surface area (Å²) in [6.45, 7) is 5.33. The molecule has 2 rings (SSSR count). The number of imidazole rings is 1. The van der Waals surface area contributed by atoms with Crippen molar-refractivity contribution in [1.29, 1.82) is 0 Å². The van der Waals surface area contributed by atoms with Crippen molar-refractivity contribution in [2.24, 2.45) is 0 Å². The van der Waals surface area contributed by atoms with E-state index in [0.717, 1.165) is 0 Å². The van der Waals surface area contributed by atoms with Gasteiger partial charge in [-0.15, -0.1) is 6.58 Å². The number of carbonyl (C=O) groups is 1. The average molecular weight is 312 g/mol. The van der Waals surface area contributed by atoms with E-state index in [0.29, 0.717) is 45.4 Å². The lowest BCUT2D eigenvalue weighted by Crippen LogP contribution is -2.37. The van der Waals surface area contributed by atoms with E-state index in [1.165, 1.54) is 16.8 Å². The molecule has 2 heterocycles. The van der Waals surface area contributed by atoms with Gasteiger partial charge in [-0.1, -0.05) is 6.08 Å². The van der Waals surface area contributed by atoms with Crippen molar-refractivity contribution in [1.82, 2.24) is 19.2 Å². The Morgan fingerprint density at radius 1 is 1.38 bits per heavy atom. The fourth-order valence-corrected chi connectivity index (χ4v) is 3.66. The molecular formula is C13H20N4O3S. The smallest absolute Gasteiger partial charge is 0.260 e. The molecule has 1 amide bonds. The van der Waals surface area contributed by atoms with E-state index in [9.17, 15) is 13.2 Å². The van der Waals surface area contributed by atoms with Crippen LogP contribution in [0.4, 0.5) is 0 Å². The summed E-state index contributed by atoms with van der Waals surface area (Å²) in [6.07, 6.45) is 6.06. The molecule has 1 fully saturated rings. The molecule has 8 heteroatoms. The van der Waals surface area contributed by atoms with Gasteiger partial charge in [0.2, 0.25) is 5.91 Å². The van der Waals surface area contributed by atoms with Crippen molar-refractivity contribution in [2.45, 2.75) is 24.3 Å². The molecule has 7 nitrogen and oxygen atoms in total. The van der Waals surface area contributed by atoms with Crippen LogP contribution in [0, 0.1) is 0 Å². The molecule has 0 saturated carbocycles. The van der Waals surface area contributed by atoms with Gasteiger partial charge in [-0.25, -0.2) is 13.4 Å². The number of nitrogens with zero attached hydrogens (tertiary/aromatic N) is 3. The molecule has 1 aromatic rings. The highest BCUT2D eigenvalue weighted by Gasteiger charge is 2.28. The first-order valence-corrected chi connectivity index (χ1v) is 8.37. The molecule has 0 aliphatic carbocycles. The first-order valence-electron chi connectivity index (χ1n) is 6.93. The van der Waals surface area contributed by atoms with Gasteiger partial charge in [0.15, 0.2) is 5.03 Å². The Balaban J connectivity index is 2.01. The first-order chi connectivity index (χ1) is 10.1. The van der Waals surface area contributed by atoms with Crippen LogP contribution in [0.3, 0.4) is 0 Å². The van der Waals surface area contributed by atoms with Gasteiger partial charge in [0.1, 0.15) is 0 Å². The summed E-state index contributed by atoms with van der Waals surface area (Å²) in [4.78, 5) is 20.1. The Hall–Kier alpha value is -1.67. The normalized spacial score (nSPS) is 17.4. The topological polar surface area (TPSA) is 86.4 Å². The molecule has 0 spiro atoms. The Morgan fingerprint density at radius 2 is 2.19 bits per heavy atom. The highest BCUT2D eigenvalue weighted by molar-refractivity contribution is 7.89. The zero-order valence-corrected chi connectivity index (χ0v) is 12.7. The van der Waals surface area contributed by atoms with Crippen LogP contribution in [-0.2, 0) is 14.8 Å². The van der Waals surface area contributed by atoms with Gasteiger partial charge >= 0.3 is 0 Å². The lowest BCUT2D eigenvalue weighted by Gasteiger charge is -2.21. The Morgan fingerprint density at radius 3 is 2.86 bits per heavy atom. The van der Waals surface area contributed by atoms with E-state index < -0.39 is 10.0 Å². The second-order valence-corrected chi connectivity index (χ2v) is 6.79. The van der Waals surface area contributed by atoms with Gasteiger partial charge in [0.05, 0.1) is 12.5 Å². The second-order valence-electron chi connectivity index (χ2n) is 4.88. The monoisotopic (exact) mass is 312 g/mol. The number of hydrogen-bond acceptors (Lipinski definition) is 4. The summed E-state index contributed by atoms with van der Waals surface area (Å²) in [5, 5.41) is 0.0916. The van der Waals surface area contributed by atoms with Gasteiger partial charge in [-0.05, 0) is 12.8 Å². The number of nitrogens with one attached hydrogen (secondary N) is 1. The largest absolute Gasteiger partial charge is 0.341 e. The van der Waals surface area contributed by atoms with Gasteiger partial charge < -0.3 is 9.88 Å². The van der Waals surface area contributed by atoms with Crippen molar-refractivity contribution in [3.8, 4) is 0 Å². The van der Waals surface area contributed by atoms with E-state index >= 15 is 0 Å². The van der Waals surface area contributed by atoms with Crippen LogP contribution < -0.4 is 0 Å². The summed E-state index contributed by atoms with van der Waals surface area (Å²) in [5.41, 5.74) is 0. The van der Waals surface area contributed by atoms with Crippen LogP contribution >= 0.6 is 0 Å². The zero-order valence-electron chi connectivity index (χ0n) is 11.9. The van der Waals surface area contributed by atoms with Gasteiger partial charge in [0, 0.05) is 32.6 Å². The third kappa shape index (κ3) is 3.70. The van der Waals surface area contributed by atoms with Crippen molar-refractivity contribution in [3.05, 3.63) is 25.2 Å². The number of H-pyrrole nitrogens is 1. The highest BCUT2D eigenvalue weighted by atomic mass is 32.2. The minimum absolute atomic E-state index is 0.0516. The van der Waals surface area contributed by atoms with Crippen molar-refractivity contribution < 1.29 is 13.2 Å². The van der Waals surface area contributed by atoms with Crippen LogP contribution in [0.15, 0.2) is 30.2 Å². The molecule has 21 heavy (non-hydrogen) atoms. The predicted octanol–water partition coefficient (Wildman–Crippen LogP) is 0.599. The van der Waals surface area contributed by atoms with Gasteiger partial charge in [-0.2, -0.15) is 4.31 Å². The molecular weight excluding hydrogens is 292 g/mol. The molecule has 1 aliphatic heterocycles. The lowest BCUT2D eigenvalue weighted by molar-refractivity contribution is -0.130. The van der Waals surface area contributed by atoms with Crippen LogP contribution in [-0.4, -0.2) is 59.7 Å². The van der Waals surface area contributed by atoms with Crippen LogP contribution in [0.25, 0.3) is 0 Å². The predicted molar refractivity (Wildman–Crippen MR) is 78.0 cm³/mol. The van der Waals surface area contributed by atoms with Gasteiger partial charge in [0.25, 0.3) is 10.0 Å². The number of aromatic amines is 1. The van der Waals surface area contributed by atoms with Crippen molar-refractivity contribution >= 4 is 15.9 Å².